The van der Waals surface area contributed by atoms with Crippen LogP contribution in [-0.4, -0.2) is 60.4 Å². The Morgan fingerprint density at radius 1 is 1.56 bits per heavy atom. The van der Waals surface area contributed by atoms with Crippen molar-refractivity contribution in [3.05, 3.63) is 0 Å². The molecule has 7 heteroatoms. The van der Waals surface area contributed by atoms with E-state index in [0.717, 1.165) is 0 Å². The van der Waals surface area contributed by atoms with Gasteiger partial charge in [-0.25, -0.2) is 4.79 Å². The summed E-state index contributed by atoms with van der Waals surface area (Å²) < 4.78 is 0. The van der Waals surface area contributed by atoms with Crippen LogP contribution in [0.4, 0.5) is 4.79 Å². The summed E-state index contributed by atoms with van der Waals surface area (Å²) in [6.07, 6.45) is 0. The molecule has 1 rings (SSSR count). The van der Waals surface area contributed by atoms with Gasteiger partial charge in [0.1, 0.15) is 0 Å². The first-order valence-electron chi connectivity index (χ1n) is 4.98. The normalized spacial score (nSPS) is 20.9. The van der Waals surface area contributed by atoms with E-state index in [2.05, 4.69) is 5.32 Å². The molecule has 0 bridgehead atoms. The smallest absolute Gasteiger partial charge is 0.312 e. The molecule has 16 heavy (non-hydrogen) atoms. The third-order valence-corrected chi connectivity index (χ3v) is 2.63. The number of likely N-dealkylation sites (N-methyl/N-ethyl adjacent to an activating group) is 1. The lowest BCUT2D eigenvalue weighted by atomic mass is 10.2. The highest BCUT2D eigenvalue weighted by molar-refractivity contribution is 5.88. The van der Waals surface area contributed by atoms with E-state index >= 15 is 0 Å². The molecule has 0 radical (unpaired) electrons. The standard InChI is InChI=1S/C9H16N4O3/c1-6-4-13(5-8(15)12(6)2)7(14)3-11-9(10)16/h6H,3-5H2,1-2H3,(H3,10,11,16). The number of rotatable bonds is 2. The van der Waals surface area contributed by atoms with Crippen LogP contribution in [0.5, 0.6) is 0 Å². The van der Waals surface area contributed by atoms with E-state index in [0.29, 0.717) is 6.54 Å². The molecule has 4 amide bonds. The lowest BCUT2D eigenvalue weighted by Crippen LogP contribution is -2.56. The number of nitrogens with two attached hydrogens (primary N) is 1. The van der Waals surface area contributed by atoms with E-state index < -0.39 is 6.03 Å². The maximum Gasteiger partial charge on any atom is 0.312 e. The molecule has 1 atom stereocenters. The number of nitrogens with one attached hydrogen (secondary N) is 1. The van der Waals surface area contributed by atoms with Gasteiger partial charge in [0, 0.05) is 19.6 Å². The van der Waals surface area contributed by atoms with Gasteiger partial charge in [-0.05, 0) is 6.92 Å². The van der Waals surface area contributed by atoms with Gasteiger partial charge in [-0.3, -0.25) is 9.59 Å². The van der Waals surface area contributed by atoms with Crippen molar-refractivity contribution in [1.29, 1.82) is 0 Å². The molecule has 1 saturated heterocycles. The first-order valence-corrected chi connectivity index (χ1v) is 4.98. The van der Waals surface area contributed by atoms with E-state index in [1.165, 1.54) is 4.90 Å². The predicted octanol–water partition coefficient (Wildman–Crippen LogP) is -1.66. The fraction of sp³-hybridized carbons (Fsp3) is 0.667. The van der Waals surface area contributed by atoms with Gasteiger partial charge in [-0.2, -0.15) is 0 Å². The molecule has 1 heterocycles. The molecule has 1 unspecified atom stereocenters. The highest BCUT2D eigenvalue weighted by atomic mass is 16.2. The quantitative estimate of drug-likeness (QED) is 0.592. The summed E-state index contributed by atoms with van der Waals surface area (Å²) in [6, 6.07) is -0.763. The summed E-state index contributed by atoms with van der Waals surface area (Å²) in [5, 5.41) is 2.21. The number of piperazine rings is 1. The minimum atomic E-state index is -0.748. The van der Waals surface area contributed by atoms with Crippen molar-refractivity contribution in [2.75, 3.05) is 26.7 Å². The third-order valence-electron chi connectivity index (χ3n) is 2.63. The molecule has 1 aliphatic heterocycles. The van der Waals surface area contributed by atoms with Crippen molar-refractivity contribution in [1.82, 2.24) is 15.1 Å². The topological polar surface area (TPSA) is 95.7 Å². The fourth-order valence-electron chi connectivity index (χ4n) is 1.49. The summed E-state index contributed by atoms with van der Waals surface area (Å²) in [6.45, 7) is 2.22. The highest BCUT2D eigenvalue weighted by Gasteiger charge is 2.29. The van der Waals surface area contributed by atoms with Crippen LogP contribution >= 0.6 is 0 Å². The average Bonchev–Trinajstić information content (AvgIpc) is 2.21. The molecule has 0 aromatic heterocycles. The molecule has 0 aromatic carbocycles. The minimum Gasteiger partial charge on any atom is -0.352 e. The largest absolute Gasteiger partial charge is 0.352 e. The van der Waals surface area contributed by atoms with Gasteiger partial charge in [-0.15, -0.1) is 0 Å². The zero-order valence-electron chi connectivity index (χ0n) is 9.40. The van der Waals surface area contributed by atoms with Crippen molar-refractivity contribution in [2.24, 2.45) is 5.73 Å². The van der Waals surface area contributed by atoms with Crippen molar-refractivity contribution in [3.8, 4) is 0 Å². The average molecular weight is 228 g/mol. The SMILES string of the molecule is CC1CN(C(=O)CNC(N)=O)CC(=O)N1C. The highest BCUT2D eigenvalue weighted by Crippen LogP contribution is 2.08. The second-order valence-corrected chi connectivity index (χ2v) is 3.85. The second-order valence-electron chi connectivity index (χ2n) is 3.85. The van der Waals surface area contributed by atoms with Crippen LogP contribution in [0.15, 0.2) is 0 Å². The van der Waals surface area contributed by atoms with Gasteiger partial charge >= 0.3 is 6.03 Å². The Labute approximate surface area is 93.5 Å². The number of hydrogen-bond acceptors (Lipinski definition) is 3. The monoisotopic (exact) mass is 228 g/mol. The van der Waals surface area contributed by atoms with Crippen LogP contribution in [0.3, 0.4) is 0 Å². The fourth-order valence-corrected chi connectivity index (χ4v) is 1.49. The van der Waals surface area contributed by atoms with Gasteiger partial charge in [-0.1, -0.05) is 0 Å². The van der Waals surface area contributed by atoms with E-state index in [1.807, 2.05) is 6.92 Å². The van der Waals surface area contributed by atoms with E-state index in [-0.39, 0.29) is 30.9 Å². The molecule has 0 saturated carbocycles. The van der Waals surface area contributed by atoms with Crippen molar-refractivity contribution < 1.29 is 14.4 Å². The number of amides is 4. The van der Waals surface area contributed by atoms with Crippen LogP contribution in [-0.2, 0) is 9.59 Å². The van der Waals surface area contributed by atoms with Crippen LogP contribution < -0.4 is 11.1 Å². The van der Waals surface area contributed by atoms with Crippen LogP contribution in [0.2, 0.25) is 0 Å². The lowest BCUT2D eigenvalue weighted by Gasteiger charge is -2.37. The van der Waals surface area contributed by atoms with Crippen LogP contribution in [0.25, 0.3) is 0 Å². The lowest BCUT2D eigenvalue weighted by molar-refractivity contribution is -0.146. The van der Waals surface area contributed by atoms with Gasteiger partial charge in [0.05, 0.1) is 13.1 Å². The number of primary amides is 1. The summed E-state index contributed by atoms with van der Waals surface area (Å²) in [5.41, 5.74) is 4.85. The van der Waals surface area contributed by atoms with Crippen LogP contribution in [0.1, 0.15) is 6.92 Å². The molecule has 3 N–H and O–H groups in total. The van der Waals surface area contributed by atoms with Crippen molar-refractivity contribution in [3.63, 3.8) is 0 Å². The molecule has 90 valence electrons. The molecule has 7 nitrogen and oxygen atoms in total. The first kappa shape index (κ1) is 12.3. The summed E-state index contributed by atoms with van der Waals surface area (Å²) in [4.78, 5) is 36.5. The maximum absolute atomic E-state index is 11.6. The number of carbonyl (C=O) groups is 3. The Balaban J connectivity index is 2.51. The predicted molar refractivity (Wildman–Crippen MR) is 56.4 cm³/mol. The summed E-state index contributed by atoms with van der Waals surface area (Å²) >= 11 is 0. The Kier molecular flexibility index (Phi) is 3.70. The molecule has 0 aromatic rings. The Morgan fingerprint density at radius 2 is 2.19 bits per heavy atom. The van der Waals surface area contributed by atoms with Gasteiger partial charge in [0.25, 0.3) is 0 Å². The van der Waals surface area contributed by atoms with Crippen molar-refractivity contribution in [2.45, 2.75) is 13.0 Å². The number of nitrogens with zero attached hydrogens (tertiary/aromatic N) is 2. The molecule has 1 aliphatic rings. The van der Waals surface area contributed by atoms with E-state index in [1.54, 1.807) is 11.9 Å². The maximum atomic E-state index is 11.6. The molecule has 0 spiro atoms. The minimum absolute atomic E-state index is 0.0150. The molecular formula is C9H16N4O3. The first-order chi connectivity index (χ1) is 7.41. The molecular weight excluding hydrogens is 212 g/mol. The zero-order chi connectivity index (χ0) is 12.3. The number of carbonyl (C=O) groups excluding carboxylic acids is 3. The summed E-state index contributed by atoms with van der Waals surface area (Å²) in [7, 11) is 1.70. The molecule has 1 fully saturated rings. The number of hydrogen-bond donors (Lipinski definition) is 2. The number of urea groups is 1. The second kappa shape index (κ2) is 4.82. The van der Waals surface area contributed by atoms with Gasteiger partial charge in [0.2, 0.25) is 11.8 Å². The Morgan fingerprint density at radius 3 is 2.69 bits per heavy atom. The van der Waals surface area contributed by atoms with Gasteiger partial charge < -0.3 is 20.9 Å². The van der Waals surface area contributed by atoms with Crippen molar-refractivity contribution >= 4 is 17.8 Å². The van der Waals surface area contributed by atoms with E-state index in [9.17, 15) is 14.4 Å². The molecule has 0 aliphatic carbocycles. The third kappa shape index (κ3) is 2.85. The zero-order valence-corrected chi connectivity index (χ0v) is 9.40. The van der Waals surface area contributed by atoms with E-state index in [4.69, 9.17) is 5.73 Å². The Hall–Kier alpha value is -1.79. The summed E-state index contributed by atoms with van der Waals surface area (Å²) in [5.74, 6) is -0.404. The Bertz CT molecular complexity index is 318. The van der Waals surface area contributed by atoms with Crippen LogP contribution in [0, 0.1) is 0 Å². The van der Waals surface area contributed by atoms with Gasteiger partial charge in [0.15, 0.2) is 0 Å².